The van der Waals surface area contributed by atoms with Gasteiger partial charge in [0.2, 0.25) is 0 Å². The molecule has 1 aliphatic rings. The van der Waals surface area contributed by atoms with E-state index in [2.05, 4.69) is 0 Å². The van der Waals surface area contributed by atoms with Crippen molar-refractivity contribution in [2.24, 2.45) is 0 Å². The molecule has 0 heterocycles. The third kappa shape index (κ3) is 3.80. The normalized spacial score (nSPS) is 16.3. The predicted octanol–water partition coefficient (Wildman–Crippen LogP) is 5.25. The van der Waals surface area contributed by atoms with Crippen molar-refractivity contribution in [3.63, 3.8) is 0 Å². The smallest absolute Gasteiger partial charge is 0.419 e. The third-order valence-electron chi connectivity index (χ3n) is 2.85. The van der Waals surface area contributed by atoms with E-state index in [1.54, 1.807) is 0 Å². The molecule has 1 aliphatic carbocycles. The van der Waals surface area contributed by atoms with Gasteiger partial charge in [0.1, 0.15) is 11.5 Å². The Labute approximate surface area is 116 Å². The molecule has 0 saturated carbocycles. The lowest BCUT2D eigenvalue weighted by Crippen LogP contribution is -2.17. The standard InChI is InChI=1S/C14H10F6O/c15-13(16,17)9-5-7-10(8-6-9)21-12-4-2-1-3-11(12)14(18,19)20/h1,3,5-8H,2,4H2. The van der Waals surface area contributed by atoms with Crippen LogP contribution in [0.1, 0.15) is 18.4 Å². The molecule has 0 saturated heterocycles. The van der Waals surface area contributed by atoms with Crippen LogP contribution in [0.2, 0.25) is 0 Å². The molecule has 7 heteroatoms. The van der Waals surface area contributed by atoms with Gasteiger partial charge in [-0.25, -0.2) is 0 Å². The molecule has 0 fully saturated rings. The summed E-state index contributed by atoms with van der Waals surface area (Å²) < 4.78 is 80.6. The summed E-state index contributed by atoms with van der Waals surface area (Å²) in [4.78, 5) is 0. The predicted molar refractivity (Wildman–Crippen MR) is 63.5 cm³/mol. The van der Waals surface area contributed by atoms with Crippen molar-refractivity contribution in [3.8, 4) is 5.75 Å². The molecule has 0 unspecified atom stereocenters. The third-order valence-corrected chi connectivity index (χ3v) is 2.85. The highest BCUT2D eigenvalue weighted by molar-refractivity contribution is 5.35. The highest BCUT2D eigenvalue weighted by Crippen LogP contribution is 2.35. The number of hydrogen-bond donors (Lipinski definition) is 0. The van der Waals surface area contributed by atoms with Crippen molar-refractivity contribution in [2.45, 2.75) is 25.2 Å². The zero-order valence-electron chi connectivity index (χ0n) is 10.6. The molecule has 0 bridgehead atoms. The lowest BCUT2D eigenvalue weighted by molar-refractivity contribution is -0.137. The molecule has 0 aliphatic heterocycles. The quantitative estimate of drug-likeness (QED) is 0.678. The van der Waals surface area contributed by atoms with Crippen molar-refractivity contribution in [3.05, 3.63) is 53.3 Å². The minimum absolute atomic E-state index is 0.0480. The Morgan fingerprint density at radius 3 is 2.00 bits per heavy atom. The van der Waals surface area contributed by atoms with Crippen LogP contribution in [0.4, 0.5) is 26.3 Å². The van der Waals surface area contributed by atoms with E-state index in [0.717, 1.165) is 30.3 Å². The second-order valence-corrected chi connectivity index (χ2v) is 4.40. The zero-order valence-corrected chi connectivity index (χ0v) is 10.6. The molecule has 2 rings (SSSR count). The first-order chi connectivity index (χ1) is 9.68. The van der Waals surface area contributed by atoms with Crippen LogP contribution in [0.25, 0.3) is 0 Å². The van der Waals surface area contributed by atoms with E-state index in [4.69, 9.17) is 4.74 Å². The fourth-order valence-corrected chi connectivity index (χ4v) is 1.86. The van der Waals surface area contributed by atoms with Gasteiger partial charge in [0, 0.05) is 6.42 Å². The number of allylic oxidation sites excluding steroid dienone is 4. The topological polar surface area (TPSA) is 9.23 Å². The van der Waals surface area contributed by atoms with Crippen molar-refractivity contribution < 1.29 is 31.1 Å². The first kappa shape index (κ1) is 15.5. The first-order valence-electron chi connectivity index (χ1n) is 6.00. The van der Waals surface area contributed by atoms with Crippen LogP contribution in [0.15, 0.2) is 47.7 Å². The summed E-state index contributed by atoms with van der Waals surface area (Å²) in [5.41, 5.74) is -1.79. The van der Waals surface area contributed by atoms with Gasteiger partial charge < -0.3 is 4.74 Å². The number of alkyl halides is 6. The number of ether oxygens (including phenoxy) is 1. The summed E-state index contributed by atoms with van der Waals surface area (Å²) in [5, 5.41) is 0. The Balaban J connectivity index is 2.24. The highest BCUT2D eigenvalue weighted by atomic mass is 19.4. The number of halogens is 6. The summed E-state index contributed by atoms with van der Waals surface area (Å²) in [6, 6.07) is 3.54. The monoisotopic (exact) mass is 308 g/mol. The molecule has 21 heavy (non-hydrogen) atoms. The van der Waals surface area contributed by atoms with E-state index in [9.17, 15) is 26.3 Å². The number of hydrogen-bond acceptors (Lipinski definition) is 1. The van der Waals surface area contributed by atoms with E-state index >= 15 is 0 Å². The van der Waals surface area contributed by atoms with E-state index in [1.165, 1.54) is 6.08 Å². The summed E-state index contributed by atoms with van der Waals surface area (Å²) in [7, 11) is 0. The van der Waals surface area contributed by atoms with Crippen LogP contribution >= 0.6 is 0 Å². The maximum Gasteiger partial charge on any atom is 0.419 e. The molecule has 0 atom stereocenters. The van der Waals surface area contributed by atoms with Gasteiger partial charge in [-0.3, -0.25) is 0 Å². The minimum atomic E-state index is -4.56. The Morgan fingerprint density at radius 1 is 0.857 bits per heavy atom. The Bertz CT molecular complexity index is 563. The zero-order chi connectivity index (χ0) is 15.7. The first-order valence-corrected chi connectivity index (χ1v) is 6.00. The van der Waals surface area contributed by atoms with Gasteiger partial charge in [-0.05, 0) is 30.7 Å². The number of rotatable bonds is 2. The molecule has 1 nitrogen and oxygen atoms in total. The van der Waals surface area contributed by atoms with Crippen molar-refractivity contribution in [2.75, 3.05) is 0 Å². The summed E-state index contributed by atoms with van der Waals surface area (Å²) >= 11 is 0. The van der Waals surface area contributed by atoms with Crippen molar-refractivity contribution in [1.29, 1.82) is 0 Å². The van der Waals surface area contributed by atoms with Gasteiger partial charge in [-0.2, -0.15) is 26.3 Å². The van der Waals surface area contributed by atoms with E-state index in [0.29, 0.717) is 6.42 Å². The van der Waals surface area contributed by atoms with Gasteiger partial charge >= 0.3 is 12.4 Å². The van der Waals surface area contributed by atoms with Gasteiger partial charge in [-0.1, -0.05) is 12.2 Å². The minimum Gasteiger partial charge on any atom is -0.461 e. The second kappa shape index (κ2) is 5.46. The van der Waals surface area contributed by atoms with E-state index in [1.807, 2.05) is 0 Å². The van der Waals surface area contributed by atoms with E-state index in [-0.39, 0.29) is 17.9 Å². The Hall–Kier alpha value is -1.92. The number of benzene rings is 1. The van der Waals surface area contributed by atoms with Gasteiger partial charge in [0.15, 0.2) is 0 Å². The maximum atomic E-state index is 12.8. The van der Waals surface area contributed by atoms with Gasteiger partial charge in [-0.15, -0.1) is 0 Å². The SMILES string of the molecule is FC(F)(F)C1=C(Oc2ccc(C(F)(F)F)cc2)CCC=C1. The highest BCUT2D eigenvalue weighted by Gasteiger charge is 2.36. The summed E-state index contributed by atoms with van der Waals surface area (Å²) in [5.74, 6) is -0.347. The molecule has 0 N–H and O–H groups in total. The molecule has 0 spiro atoms. The van der Waals surface area contributed by atoms with Gasteiger partial charge in [0.25, 0.3) is 0 Å². The van der Waals surface area contributed by atoms with E-state index < -0.39 is 23.5 Å². The van der Waals surface area contributed by atoms with Gasteiger partial charge in [0.05, 0.1) is 11.1 Å². The summed E-state index contributed by atoms with van der Waals surface area (Å²) in [6.45, 7) is 0. The molecule has 1 aromatic rings. The van der Waals surface area contributed by atoms with Crippen LogP contribution in [-0.2, 0) is 6.18 Å². The molecule has 114 valence electrons. The molecule has 0 amide bonds. The maximum absolute atomic E-state index is 12.8. The van der Waals surface area contributed by atoms with Crippen molar-refractivity contribution in [1.82, 2.24) is 0 Å². The van der Waals surface area contributed by atoms with Crippen LogP contribution in [0, 0.1) is 0 Å². The molecular weight excluding hydrogens is 298 g/mol. The molecule has 0 radical (unpaired) electrons. The lowest BCUT2D eigenvalue weighted by Gasteiger charge is -2.19. The van der Waals surface area contributed by atoms with Crippen LogP contribution in [-0.4, -0.2) is 6.18 Å². The van der Waals surface area contributed by atoms with Crippen molar-refractivity contribution >= 4 is 0 Å². The van der Waals surface area contributed by atoms with Crippen LogP contribution in [0.5, 0.6) is 5.75 Å². The average Bonchev–Trinajstić information content (AvgIpc) is 2.37. The average molecular weight is 308 g/mol. The van der Waals surface area contributed by atoms with Crippen LogP contribution in [0.3, 0.4) is 0 Å². The second-order valence-electron chi connectivity index (χ2n) is 4.40. The summed E-state index contributed by atoms with van der Waals surface area (Å²) in [6.07, 6.45) is -6.33. The fourth-order valence-electron chi connectivity index (χ4n) is 1.86. The lowest BCUT2D eigenvalue weighted by atomic mass is 10.0. The molecule has 0 aromatic heterocycles. The largest absolute Gasteiger partial charge is 0.461 e. The van der Waals surface area contributed by atoms with Crippen LogP contribution < -0.4 is 4.74 Å². The molecular formula is C14H10F6O. The fraction of sp³-hybridized carbons (Fsp3) is 0.286. The molecule has 1 aromatic carbocycles. The Kier molecular flexibility index (Phi) is 4.02. The Morgan fingerprint density at radius 2 is 1.48 bits per heavy atom.